The first-order valence-electron chi connectivity index (χ1n) is 7.92. The lowest BCUT2D eigenvalue weighted by Gasteiger charge is -2.55. The van der Waals surface area contributed by atoms with Crippen molar-refractivity contribution in [3.05, 3.63) is 12.3 Å². The molecule has 3 rings (SSSR count). The number of aliphatic hydroxyl groups excluding tert-OH is 1. The number of hydrogen-bond acceptors (Lipinski definition) is 4. The van der Waals surface area contributed by atoms with Crippen LogP contribution in [0.15, 0.2) is 12.3 Å². The van der Waals surface area contributed by atoms with Crippen LogP contribution in [0.3, 0.4) is 0 Å². The lowest BCUT2D eigenvalue weighted by molar-refractivity contribution is -0.240. The molecule has 118 valence electrons. The van der Waals surface area contributed by atoms with E-state index in [2.05, 4.69) is 27.8 Å². The highest BCUT2D eigenvalue weighted by Crippen LogP contribution is 2.56. The van der Waals surface area contributed by atoms with E-state index in [1.165, 1.54) is 6.42 Å². The lowest BCUT2D eigenvalue weighted by Crippen LogP contribution is -2.80. The number of aliphatic hydroxyl groups is 1. The first-order valence-corrected chi connectivity index (χ1v) is 9.04. The number of ether oxygens (including phenoxy) is 1. The second kappa shape index (κ2) is 5.27. The van der Waals surface area contributed by atoms with Crippen molar-refractivity contribution in [1.29, 1.82) is 0 Å². The molecule has 3 aliphatic rings. The average Bonchev–Trinajstić information content (AvgIpc) is 2.65. The van der Waals surface area contributed by atoms with Crippen molar-refractivity contribution >= 4 is 21.9 Å². The fourth-order valence-corrected chi connectivity index (χ4v) is 5.01. The van der Waals surface area contributed by atoms with E-state index in [0.717, 1.165) is 43.1 Å². The Balaban J connectivity index is 1.90. The van der Waals surface area contributed by atoms with E-state index >= 15 is 0 Å². The van der Waals surface area contributed by atoms with Crippen LogP contribution in [-0.4, -0.2) is 33.6 Å². The van der Waals surface area contributed by atoms with Crippen molar-refractivity contribution in [2.75, 3.05) is 5.33 Å². The van der Waals surface area contributed by atoms with E-state index in [-0.39, 0.29) is 17.8 Å². The van der Waals surface area contributed by atoms with Crippen LogP contribution in [0.4, 0.5) is 0 Å². The first kappa shape index (κ1) is 15.3. The Bertz CT molecular complexity index is 462. The zero-order chi connectivity index (χ0) is 15.3. The molecule has 0 spiro atoms. The molecule has 0 amide bonds. The van der Waals surface area contributed by atoms with Crippen LogP contribution in [0.25, 0.3) is 0 Å². The van der Waals surface area contributed by atoms with Gasteiger partial charge in [-0.3, -0.25) is 0 Å². The molecular weight excluding hydrogens is 334 g/mol. The number of hydrogen-bond donors (Lipinski definition) is 2. The van der Waals surface area contributed by atoms with Gasteiger partial charge in [-0.05, 0) is 32.1 Å². The molecule has 3 fully saturated rings. The molecule has 0 aromatic carbocycles. The Morgan fingerprint density at radius 3 is 2.71 bits per heavy atom. The number of nitrogens with one attached hydrogen (secondary N) is 1. The Labute approximate surface area is 134 Å². The standard InChI is InChI=1S/C16H24BrNO3/c1-10-12(8-9-17)15(2)16(18-10,14(20)21-15)13(19)11-6-4-3-5-7-11/h11-13,18-19H,1,3-9H2,2H3/t12-,13-,15-,16-/m0/s1. The summed E-state index contributed by atoms with van der Waals surface area (Å²) in [4.78, 5) is 12.3. The molecule has 2 heterocycles. The van der Waals surface area contributed by atoms with Crippen molar-refractivity contribution in [1.82, 2.24) is 5.32 Å². The van der Waals surface area contributed by atoms with Gasteiger partial charge in [0.25, 0.3) is 0 Å². The lowest BCUT2D eigenvalue weighted by atomic mass is 9.64. The maximum atomic E-state index is 12.3. The summed E-state index contributed by atoms with van der Waals surface area (Å²) in [5.41, 5.74) is -0.845. The zero-order valence-electron chi connectivity index (χ0n) is 12.5. The summed E-state index contributed by atoms with van der Waals surface area (Å²) in [5.74, 6) is -0.0944. The molecule has 1 aliphatic carbocycles. The van der Waals surface area contributed by atoms with Gasteiger partial charge in [-0.2, -0.15) is 0 Å². The van der Waals surface area contributed by atoms with Crippen LogP contribution in [0.2, 0.25) is 0 Å². The number of rotatable bonds is 4. The summed E-state index contributed by atoms with van der Waals surface area (Å²) in [6, 6.07) is 0. The predicted molar refractivity (Wildman–Crippen MR) is 84.0 cm³/mol. The van der Waals surface area contributed by atoms with Crippen LogP contribution >= 0.6 is 15.9 Å². The number of carbonyl (C=O) groups is 1. The maximum absolute atomic E-state index is 12.3. The van der Waals surface area contributed by atoms with E-state index in [0.29, 0.717) is 0 Å². The second-order valence-corrected chi connectivity index (χ2v) is 7.62. The van der Waals surface area contributed by atoms with E-state index in [1.54, 1.807) is 0 Å². The second-order valence-electron chi connectivity index (χ2n) is 6.83. The summed E-state index contributed by atoms with van der Waals surface area (Å²) < 4.78 is 5.56. The molecular formula is C16H24BrNO3. The molecule has 0 radical (unpaired) electrons. The van der Waals surface area contributed by atoms with Gasteiger partial charge >= 0.3 is 5.97 Å². The topological polar surface area (TPSA) is 58.6 Å². The van der Waals surface area contributed by atoms with Crippen molar-refractivity contribution in [3.63, 3.8) is 0 Å². The van der Waals surface area contributed by atoms with Crippen LogP contribution in [0, 0.1) is 11.8 Å². The van der Waals surface area contributed by atoms with Gasteiger partial charge in [-0.25, -0.2) is 4.79 Å². The number of alkyl halides is 1. The van der Waals surface area contributed by atoms with E-state index < -0.39 is 17.2 Å². The number of carbonyl (C=O) groups excluding carboxylic acids is 1. The van der Waals surface area contributed by atoms with Gasteiger partial charge in [0.2, 0.25) is 5.54 Å². The summed E-state index contributed by atoms with van der Waals surface area (Å²) >= 11 is 3.46. The van der Waals surface area contributed by atoms with E-state index in [9.17, 15) is 9.90 Å². The van der Waals surface area contributed by atoms with Crippen LogP contribution in [0.5, 0.6) is 0 Å². The van der Waals surface area contributed by atoms with Gasteiger partial charge in [0.15, 0.2) is 5.60 Å². The minimum atomic E-state index is -0.987. The highest BCUT2D eigenvalue weighted by atomic mass is 79.9. The third kappa shape index (κ3) is 1.93. The molecule has 0 aromatic rings. The first-order chi connectivity index (χ1) is 9.97. The van der Waals surface area contributed by atoms with Gasteiger partial charge < -0.3 is 15.2 Å². The molecule has 5 heteroatoms. The summed E-state index contributed by atoms with van der Waals surface area (Å²) in [5, 5.41) is 15.0. The quantitative estimate of drug-likeness (QED) is 0.599. The van der Waals surface area contributed by atoms with Crippen LogP contribution < -0.4 is 5.32 Å². The summed E-state index contributed by atoms with van der Waals surface area (Å²) in [6.07, 6.45) is 5.62. The summed E-state index contributed by atoms with van der Waals surface area (Å²) in [7, 11) is 0. The van der Waals surface area contributed by atoms with Crippen LogP contribution in [-0.2, 0) is 9.53 Å². The highest BCUT2D eigenvalue weighted by molar-refractivity contribution is 9.09. The predicted octanol–water partition coefficient (Wildman–Crippen LogP) is 2.50. The van der Waals surface area contributed by atoms with E-state index in [4.69, 9.17) is 4.74 Å². The molecule has 0 aromatic heterocycles. The Hall–Kier alpha value is -0.550. The van der Waals surface area contributed by atoms with Gasteiger partial charge in [-0.15, -0.1) is 0 Å². The average molecular weight is 358 g/mol. The molecule has 1 saturated carbocycles. The zero-order valence-corrected chi connectivity index (χ0v) is 14.1. The van der Waals surface area contributed by atoms with Gasteiger partial charge in [0.05, 0.1) is 6.10 Å². The molecule has 0 bridgehead atoms. The maximum Gasteiger partial charge on any atom is 0.339 e. The molecule has 4 atom stereocenters. The number of halogens is 1. The highest BCUT2D eigenvalue weighted by Gasteiger charge is 2.77. The third-order valence-electron chi connectivity index (χ3n) is 5.79. The van der Waals surface area contributed by atoms with Gasteiger partial charge in [-0.1, -0.05) is 41.8 Å². The Morgan fingerprint density at radius 1 is 1.48 bits per heavy atom. The molecule has 4 nitrogen and oxygen atoms in total. The van der Waals surface area contributed by atoms with Crippen molar-refractivity contribution in [2.24, 2.45) is 11.8 Å². The van der Waals surface area contributed by atoms with Gasteiger partial charge in [0, 0.05) is 16.9 Å². The number of esters is 1. The molecule has 21 heavy (non-hydrogen) atoms. The minimum absolute atomic E-state index is 0.0489. The number of fused-ring (bicyclic) bond motifs is 1. The normalized spacial score (nSPS) is 41.0. The minimum Gasteiger partial charge on any atom is -0.453 e. The monoisotopic (exact) mass is 357 g/mol. The van der Waals surface area contributed by atoms with Crippen molar-refractivity contribution < 1.29 is 14.6 Å². The fraction of sp³-hybridized carbons (Fsp3) is 0.812. The fourth-order valence-electron chi connectivity index (χ4n) is 4.55. The largest absolute Gasteiger partial charge is 0.453 e. The smallest absolute Gasteiger partial charge is 0.339 e. The molecule has 2 N–H and O–H groups in total. The third-order valence-corrected chi connectivity index (χ3v) is 6.25. The van der Waals surface area contributed by atoms with Crippen molar-refractivity contribution in [3.8, 4) is 0 Å². The van der Waals surface area contributed by atoms with E-state index in [1.807, 2.05) is 6.92 Å². The molecule has 2 aliphatic heterocycles. The Kier molecular flexibility index (Phi) is 3.85. The molecule has 0 unspecified atom stereocenters. The summed E-state index contributed by atoms with van der Waals surface area (Å²) in [6.45, 7) is 6.02. The van der Waals surface area contributed by atoms with Crippen molar-refractivity contribution in [2.45, 2.75) is 62.7 Å². The van der Waals surface area contributed by atoms with Crippen LogP contribution in [0.1, 0.15) is 45.4 Å². The Morgan fingerprint density at radius 2 is 2.14 bits per heavy atom. The van der Waals surface area contributed by atoms with Gasteiger partial charge in [0.1, 0.15) is 0 Å². The molecule has 2 saturated heterocycles. The SMILES string of the molecule is C=C1N[C@@]2([C@@H](O)C3CCCCC3)C(=O)O[C@@]2(C)[C@H]1CCBr.